The molecule has 1 aromatic rings. The van der Waals surface area contributed by atoms with E-state index < -0.39 is 10.8 Å². The quantitative estimate of drug-likeness (QED) is 0.674. The van der Waals surface area contributed by atoms with Gasteiger partial charge in [-0.3, -0.25) is 9.59 Å². The molecule has 106 valence electrons. The van der Waals surface area contributed by atoms with E-state index in [0.717, 1.165) is 19.3 Å². The van der Waals surface area contributed by atoms with Crippen LogP contribution in [0.2, 0.25) is 0 Å². The van der Waals surface area contributed by atoms with Crippen molar-refractivity contribution in [1.82, 2.24) is 5.32 Å². The number of nitrogens with one attached hydrogen (secondary N) is 1. The van der Waals surface area contributed by atoms with Crippen LogP contribution in [-0.4, -0.2) is 32.0 Å². The topological polar surface area (TPSA) is 55.4 Å². The molecule has 1 heterocycles. The highest BCUT2D eigenvalue weighted by Gasteiger charge is 2.66. The Hall–Kier alpha value is -1.68. The SMILES string of the molecule is COC(=O)[C@@]12CCC[C@]1(C(=O)c1ccccc1)CNC2. The molecule has 1 saturated carbocycles. The van der Waals surface area contributed by atoms with Gasteiger partial charge in [-0.2, -0.15) is 0 Å². The maximum Gasteiger partial charge on any atom is 0.314 e. The summed E-state index contributed by atoms with van der Waals surface area (Å²) in [5.41, 5.74) is -0.637. The second-order valence-corrected chi connectivity index (χ2v) is 5.81. The first-order chi connectivity index (χ1) is 9.66. The van der Waals surface area contributed by atoms with E-state index in [4.69, 9.17) is 4.74 Å². The van der Waals surface area contributed by atoms with Gasteiger partial charge in [0.1, 0.15) is 0 Å². The predicted octanol–water partition coefficient (Wildman–Crippen LogP) is 1.80. The molecule has 1 aliphatic heterocycles. The third-order valence-corrected chi connectivity index (χ3v) is 5.02. The predicted molar refractivity (Wildman–Crippen MR) is 74.4 cm³/mol. The van der Waals surface area contributed by atoms with Crippen molar-refractivity contribution in [1.29, 1.82) is 0 Å². The van der Waals surface area contributed by atoms with Crippen LogP contribution in [0.4, 0.5) is 0 Å². The average molecular weight is 273 g/mol. The fourth-order valence-electron chi connectivity index (χ4n) is 4.02. The number of hydrogen-bond donors (Lipinski definition) is 1. The summed E-state index contributed by atoms with van der Waals surface area (Å²) in [6, 6.07) is 9.27. The van der Waals surface area contributed by atoms with E-state index in [2.05, 4.69) is 5.32 Å². The van der Waals surface area contributed by atoms with Crippen LogP contribution < -0.4 is 5.32 Å². The van der Waals surface area contributed by atoms with Crippen molar-refractivity contribution in [3.05, 3.63) is 35.9 Å². The molecule has 20 heavy (non-hydrogen) atoms. The molecular weight excluding hydrogens is 254 g/mol. The zero-order valence-corrected chi connectivity index (χ0v) is 11.6. The van der Waals surface area contributed by atoms with Gasteiger partial charge in [-0.05, 0) is 12.8 Å². The van der Waals surface area contributed by atoms with E-state index in [-0.39, 0.29) is 11.8 Å². The van der Waals surface area contributed by atoms with E-state index in [1.54, 1.807) is 0 Å². The molecule has 1 aliphatic carbocycles. The maximum atomic E-state index is 13.0. The first kappa shape index (κ1) is 13.3. The van der Waals surface area contributed by atoms with E-state index in [1.165, 1.54) is 7.11 Å². The number of esters is 1. The van der Waals surface area contributed by atoms with E-state index in [0.29, 0.717) is 18.7 Å². The van der Waals surface area contributed by atoms with Crippen LogP contribution in [-0.2, 0) is 9.53 Å². The molecular formula is C16H19NO3. The van der Waals surface area contributed by atoms with Gasteiger partial charge in [-0.1, -0.05) is 36.8 Å². The Morgan fingerprint density at radius 1 is 1.10 bits per heavy atom. The lowest BCUT2D eigenvalue weighted by Gasteiger charge is -2.35. The molecule has 0 aromatic heterocycles. The minimum Gasteiger partial charge on any atom is -0.469 e. The number of ketones is 1. The summed E-state index contributed by atoms with van der Waals surface area (Å²) in [5, 5.41) is 3.25. The van der Waals surface area contributed by atoms with Gasteiger partial charge in [0.25, 0.3) is 0 Å². The number of methoxy groups -OCH3 is 1. The highest BCUT2D eigenvalue weighted by molar-refractivity contribution is 6.05. The second-order valence-electron chi connectivity index (χ2n) is 5.81. The Labute approximate surface area is 118 Å². The third kappa shape index (κ3) is 1.57. The monoisotopic (exact) mass is 273 g/mol. The molecule has 0 bridgehead atoms. The van der Waals surface area contributed by atoms with Crippen molar-refractivity contribution in [2.45, 2.75) is 19.3 Å². The first-order valence-corrected chi connectivity index (χ1v) is 7.05. The summed E-state index contributed by atoms with van der Waals surface area (Å²) < 4.78 is 5.02. The molecule has 0 amide bonds. The lowest BCUT2D eigenvalue weighted by molar-refractivity contribution is -0.155. The number of benzene rings is 1. The van der Waals surface area contributed by atoms with Gasteiger partial charge in [0.2, 0.25) is 0 Å². The fraction of sp³-hybridized carbons (Fsp3) is 0.500. The lowest BCUT2D eigenvalue weighted by Crippen LogP contribution is -2.48. The molecule has 4 heteroatoms. The van der Waals surface area contributed by atoms with Crippen LogP contribution in [0.5, 0.6) is 0 Å². The van der Waals surface area contributed by atoms with Gasteiger partial charge in [0.15, 0.2) is 5.78 Å². The Morgan fingerprint density at radius 3 is 2.45 bits per heavy atom. The van der Waals surface area contributed by atoms with Crippen LogP contribution in [0, 0.1) is 10.8 Å². The zero-order valence-electron chi connectivity index (χ0n) is 11.6. The number of hydrogen-bond acceptors (Lipinski definition) is 4. The number of Topliss-reactive ketones (excluding diaryl/α,β-unsaturated/α-hetero) is 1. The highest BCUT2D eigenvalue weighted by Crippen LogP contribution is 2.57. The summed E-state index contributed by atoms with van der Waals surface area (Å²) in [7, 11) is 1.41. The number of carbonyl (C=O) groups excluding carboxylic acids is 2. The second kappa shape index (κ2) is 4.70. The Morgan fingerprint density at radius 2 is 1.75 bits per heavy atom. The van der Waals surface area contributed by atoms with Gasteiger partial charge in [0.05, 0.1) is 17.9 Å². The smallest absolute Gasteiger partial charge is 0.314 e. The molecule has 4 nitrogen and oxygen atoms in total. The van der Waals surface area contributed by atoms with Crippen molar-refractivity contribution in [2.75, 3.05) is 20.2 Å². The summed E-state index contributed by atoms with van der Waals surface area (Å²) in [6.45, 7) is 1.11. The fourth-order valence-corrected chi connectivity index (χ4v) is 4.02. The Kier molecular flexibility index (Phi) is 3.13. The van der Waals surface area contributed by atoms with Crippen molar-refractivity contribution in [3.8, 4) is 0 Å². The van der Waals surface area contributed by atoms with Crippen LogP contribution in [0.25, 0.3) is 0 Å². The molecule has 2 atom stereocenters. The minimum absolute atomic E-state index is 0.0750. The van der Waals surface area contributed by atoms with Gasteiger partial charge >= 0.3 is 5.97 Å². The standard InChI is InChI=1S/C16H19NO3/c1-20-14(19)16-9-5-8-15(16,10-17-11-16)13(18)12-6-3-2-4-7-12/h2-4,6-7,17H,5,8-11H2,1H3/t15-,16+/m1/s1. The number of ether oxygens (including phenoxy) is 1. The maximum absolute atomic E-state index is 13.0. The highest BCUT2D eigenvalue weighted by atomic mass is 16.5. The van der Waals surface area contributed by atoms with Crippen molar-refractivity contribution >= 4 is 11.8 Å². The Bertz CT molecular complexity index is 528. The molecule has 0 radical (unpaired) electrons. The number of carbonyl (C=O) groups is 2. The van der Waals surface area contributed by atoms with E-state index in [9.17, 15) is 9.59 Å². The normalized spacial score (nSPS) is 31.9. The molecule has 0 spiro atoms. The zero-order chi connectivity index (χ0) is 14.2. The van der Waals surface area contributed by atoms with Gasteiger partial charge in [0, 0.05) is 18.7 Å². The van der Waals surface area contributed by atoms with Gasteiger partial charge in [-0.15, -0.1) is 0 Å². The first-order valence-electron chi connectivity index (χ1n) is 7.05. The van der Waals surface area contributed by atoms with Crippen LogP contribution in [0.15, 0.2) is 30.3 Å². The summed E-state index contributed by atoms with van der Waals surface area (Å²) >= 11 is 0. The van der Waals surface area contributed by atoms with Crippen molar-refractivity contribution in [2.24, 2.45) is 10.8 Å². The summed E-state index contributed by atoms with van der Waals surface area (Å²) in [4.78, 5) is 25.4. The molecule has 2 aliphatic rings. The number of rotatable bonds is 3. The molecule has 2 fully saturated rings. The van der Waals surface area contributed by atoms with E-state index >= 15 is 0 Å². The van der Waals surface area contributed by atoms with Crippen LogP contribution in [0.1, 0.15) is 29.6 Å². The van der Waals surface area contributed by atoms with Crippen molar-refractivity contribution < 1.29 is 14.3 Å². The molecule has 0 unspecified atom stereocenters. The van der Waals surface area contributed by atoms with Crippen LogP contribution in [0.3, 0.4) is 0 Å². The molecule has 3 rings (SSSR count). The lowest BCUT2D eigenvalue weighted by atomic mass is 9.64. The van der Waals surface area contributed by atoms with Crippen molar-refractivity contribution in [3.63, 3.8) is 0 Å². The van der Waals surface area contributed by atoms with Crippen LogP contribution >= 0.6 is 0 Å². The van der Waals surface area contributed by atoms with Gasteiger partial charge in [-0.25, -0.2) is 0 Å². The third-order valence-electron chi connectivity index (χ3n) is 5.02. The number of fused-ring (bicyclic) bond motifs is 1. The Balaban J connectivity index is 2.05. The van der Waals surface area contributed by atoms with E-state index in [1.807, 2.05) is 30.3 Å². The largest absolute Gasteiger partial charge is 0.469 e. The average Bonchev–Trinajstić information content (AvgIpc) is 3.03. The summed E-state index contributed by atoms with van der Waals surface area (Å²) in [6.07, 6.45) is 2.38. The van der Waals surface area contributed by atoms with Gasteiger partial charge < -0.3 is 10.1 Å². The molecule has 1 saturated heterocycles. The molecule has 1 N–H and O–H groups in total. The minimum atomic E-state index is -0.686. The summed E-state index contributed by atoms with van der Waals surface area (Å²) in [5.74, 6) is -0.171. The molecule has 1 aromatic carbocycles.